The van der Waals surface area contributed by atoms with Crippen molar-refractivity contribution in [1.29, 1.82) is 0 Å². The minimum Gasteiger partial charge on any atom is -0.329 e. The molecule has 1 N–H and O–H groups in total. The lowest BCUT2D eigenvalue weighted by atomic mass is 10.3. The number of carbonyl (C=O) groups excluding carboxylic acids is 1. The highest BCUT2D eigenvalue weighted by atomic mass is 79.9. The normalized spacial score (nSPS) is 10.8. The molecule has 0 unspecified atom stereocenters. The Bertz CT molecular complexity index is 1170. The summed E-state index contributed by atoms with van der Waals surface area (Å²) in [6, 6.07) is 11.4. The number of anilines is 3. The van der Waals surface area contributed by atoms with Gasteiger partial charge >= 0.3 is 0 Å². The highest BCUT2D eigenvalue weighted by molar-refractivity contribution is 9.10. The van der Waals surface area contributed by atoms with Crippen LogP contribution < -0.4 is 10.2 Å². The molecule has 30 heavy (non-hydrogen) atoms. The minimum absolute atomic E-state index is 0.159. The standard InChI is InChI=1S/C20H18BrN7OS/c1-3-28(13-7-6-10-22-11-13)19(29)16-12-23-18(27(16)2)17-25-20(30-26-17)24-15-9-5-4-8-14(15)21/h4-12H,3H2,1-2H3,(H,24,25,26). The fourth-order valence-electron chi connectivity index (χ4n) is 2.95. The molecule has 0 bridgehead atoms. The summed E-state index contributed by atoms with van der Waals surface area (Å²) >= 11 is 4.74. The van der Waals surface area contributed by atoms with Crippen molar-refractivity contribution >= 4 is 49.9 Å². The monoisotopic (exact) mass is 483 g/mol. The quantitative estimate of drug-likeness (QED) is 0.434. The summed E-state index contributed by atoms with van der Waals surface area (Å²) in [4.78, 5) is 27.8. The Kier molecular flexibility index (Phi) is 5.86. The molecule has 8 nitrogen and oxygen atoms in total. The predicted molar refractivity (Wildman–Crippen MR) is 121 cm³/mol. The van der Waals surface area contributed by atoms with Crippen LogP contribution in [0.4, 0.5) is 16.5 Å². The zero-order chi connectivity index (χ0) is 21.1. The molecule has 152 valence electrons. The van der Waals surface area contributed by atoms with E-state index in [1.165, 1.54) is 11.5 Å². The molecular weight excluding hydrogens is 466 g/mol. The van der Waals surface area contributed by atoms with Crippen LogP contribution in [-0.4, -0.2) is 36.3 Å². The predicted octanol–water partition coefficient (Wildman–Crippen LogP) is 4.51. The summed E-state index contributed by atoms with van der Waals surface area (Å²) in [5.41, 5.74) is 2.08. The Labute approximate surface area is 185 Å². The van der Waals surface area contributed by atoms with Gasteiger partial charge in [-0.3, -0.25) is 9.78 Å². The number of aromatic nitrogens is 5. The van der Waals surface area contributed by atoms with Gasteiger partial charge in [0.25, 0.3) is 5.91 Å². The van der Waals surface area contributed by atoms with Crippen LogP contribution in [0, 0.1) is 0 Å². The Morgan fingerprint density at radius 3 is 2.80 bits per heavy atom. The molecule has 4 aromatic rings. The fourth-order valence-corrected chi connectivity index (χ4v) is 3.92. The topological polar surface area (TPSA) is 88.8 Å². The van der Waals surface area contributed by atoms with Crippen molar-refractivity contribution in [2.24, 2.45) is 7.05 Å². The SMILES string of the molecule is CCN(C(=O)c1cnc(-c2nsc(Nc3ccccc3Br)n2)n1C)c1cccnc1. The molecule has 4 rings (SSSR count). The number of benzene rings is 1. The van der Waals surface area contributed by atoms with E-state index in [-0.39, 0.29) is 5.91 Å². The van der Waals surface area contributed by atoms with Crippen molar-refractivity contribution in [3.63, 3.8) is 0 Å². The number of hydrogen-bond donors (Lipinski definition) is 1. The van der Waals surface area contributed by atoms with Crippen LogP contribution >= 0.6 is 27.5 Å². The molecule has 1 amide bonds. The van der Waals surface area contributed by atoms with Crippen LogP contribution in [0.2, 0.25) is 0 Å². The van der Waals surface area contributed by atoms with Crippen LogP contribution in [-0.2, 0) is 7.05 Å². The zero-order valence-corrected chi connectivity index (χ0v) is 18.7. The molecule has 3 heterocycles. The van der Waals surface area contributed by atoms with Crippen LogP contribution in [0.25, 0.3) is 11.6 Å². The van der Waals surface area contributed by atoms with E-state index in [9.17, 15) is 4.79 Å². The van der Waals surface area contributed by atoms with Crippen molar-refractivity contribution in [2.75, 3.05) is 16.8 Å². The van der Waals surface area contributed by atoms with Crippen LogP contribution in [0.1, 0.15) is 17.4 Å². The summed E-state index contributed by atoms with van der Waals surface area (Å²) in [6.07, 6.45) is 4.90. The second-order valence-corrected chi connectivity index (χ2v) is 7.92. The molecule has 10 heteroatoms. The Morgan fingerprint density at radius 1 is 1.23 bits per heavy atom. The van der Waals surface area contributed by atoms with Crippen LogP contribution in [0.15, 0.2) is 59.5 Å². The summed E-state index contributed by atoms with van der Waals surface area (Å²) in [5.74, 6) is 0.825. The third-order valence-corrected chi connectivity index (χ3v) is 5.79. The van der Waals surface area contributed by atoms with Gasteiger partial charge in [-0.25, -0.2) is 4.98 Å². The van der Waals surface area contributed by atoms with Gasteiger partial charge in [-0.05, 0) is 47.1 Å². The van der Waals surface area contributed by atoms with Gasteiger partial charge in [0.2, 0.25) is 11.0 Å². The maximum atomic E-state index is 13.1. The first-order chi connectivity index (χ1) is 14.6. The molecule has 0 saturated carbocycles. The molecule has 0 radical (unpaired) electrons. The van der Waals surface area contributed by atoms with E-state index in [2.05, 4.69) is 40.6 Å². The van der Waals surface area contributed by atoms with Crippen molar-refractivity contribution in [2.45, 2.75) is 6.92 Å². The number of rotatable bonds is 6. The minimum atomic E-state index is -0.159. The van der Waals surface area contributed by atoms with Crippen molar-refractivity contribution in [3.8, 4) is 11.6 Å². The van der Waals surface area contributed by atoms with Crippen molar-refractivity contribution in [3.05, 3.63) is 65.2 Å². The average molecular weight is 484 g/mol. The second-order valence-electron chi connectivity index (χ2n) is 6.31. The number of imidazole rings is 1. The number of hydrogen-bond acceptors (Lipinski definition) is 7. The Balaban J connectivity index is 1.58. The lowest BCUT2D eigenvalue weighted by Crippen LogP contribution is -2.32. The van der Waals surface area contributed by atoms with Gasteiger partial charge < -0.3 is 14.8 Å². The first-order valence-electron chi connectivity index (χ1n) is 9.17. The summed E-state index contributed by atoms with van der Waals surface area (Å²) in [5, 5.41) is 3.88. The average Bonchev–Trinajstić information content (AvgIpc) is 3.37. The molecular formula is C20H18BrN7OS. The lowest BCUT2D eigenvalue weighted by Gasteiger charge is -2.20. The largest absolute Gasteiger partial charge is 0.329 e. The molecule has 0 aliphatic heterocycles. The highest BCUT2D eigenvalue weighted by Gasteiger charge is 2.23. The van der Waals surface area contributed by atoms with Gasteiger partial charge in [0.15, 0.2) is 5.82 Å². The van der Waals surface area contributed by atoms with Crippen molar-refractivity contribution < 1.29 is 4.79 Å². The number of halogens is 1. The van der Waals surface area contributed by atoms with Crippen LogP contribution in [0.3, 0.4) is 0 Å². The first kappa shape index (κ1) is 20.2. The number of nitrogens with zero attached hydrogens (tertiary/aromatic N) is 6. The van der Waals surface area contributed by atoms with E-state index in [0.29, 0.717) is 29.0 Å². The fraction of sp³-hybridized carbons (Fsp3) is 0.150. The van der Waals surface area contributed by atoms with Gasteiger partial charge in [-0.1, -0.05) is 12.1 Å². The molecule has 0 aliphatic carbocycles. The number of amides is 1. The number of para-hydroxylation sites is 1. The first-order valence-corrected chi connectivity index (χ1v) is 10.7. The third-order valence-electron chi connectivity index (χ3n) is 4.47. The molecule has 0 atom stereocenters. The van der Waals surface area contributed by atoms with E-state index in [4.69, 9.17) is 0 Å². The van der Waals surface area contributed by atoms with Crippen molar-refractivity contribution in [1.82, 2.24) is 23.9 Å². The highest BCUT2D eigenvalue weighted by Crippen LogP contribution is 2.28. The molecule has 1 aromatic carbocycles. The van der Waals surface area contributed by atoms with E-state index >= 15 is 0 Å². The van der Waals surface area contributed by atoms with E-state index in [0.717, 1.165) is 15.8 Å². The lowest BCUT2D eigenvalue weighted by molar-refractivity contribution is 0.0980. The van der Waals surface area contributed by atoms with Gasteiger partial charge in [-0.15, -0.1) is 0 Å². The smallest absolute Gasteiger partial charge is 0.276 e. The summed E-state index contributed by atoms with van der Waals surface area (Å²) < 4.78 is 7.05. The molecule has 0 spiro atoms. The van der Waals surface area contributed by atoms with E-state index < -0.39 is 0 Å². The third kappa shape index (κ3) is 3.96. The Morgan fingerprint density at radius 2 is 2.07 bits per heavy atom. The number of carbonyl (C=O) groups is 1. The molecule has 0 fully saturated rings. The molecule has 3 aromatic heterocycles. The maximum Gasteiger partial charge on any atom is 0.276 e. The maximum absolute atomic E-state index is 13.1. The summed E-state index contributed by atoms with van der Waals surface area (Å²) in [7, 11) is 1.79. The van der Waals surface area contributed by atoms with Gasteiger partial charge in [0.1, 0.15) is 5.69 Å². The van der Waals surface area contributed by atoms with Gasteiger partial charge in [0.05, 0.1) is 23.8 Å². The zero-order valence-electron chi connectivity index (χ0n) is 16.3. The van der Waals surface area contributed by atoms with Gasteiger partial charge in [0, 0.05) is 35.8 Å². The van der Waals surface area contributed by atoms with E-state index in [1.807, 2.05) is 37.3 Å². The Hall–Kier alpha value is -3.11. The van der Waals surface area contributed by atoms with E-state index in [1.54, 1.807) is 41.2 Å². The number of nitrogens with one attached hydrogen (secondary N) is 1. The second kappa shape index (κ2) is 8.72. The molecule has 0 saturated heterocycles. The number of pyridine rings is 1. The van der Waals surface area contributed by atoms with Crippen LogP contribution in [0.5, 0.6) is 0 Å². The molecule has 0 aliphatic rings. The summed E-state index contributed by atoms with van der Waals surface area (Å²) in [6.45, 7) is 2.43. The van der Waals surface area contributed by atoms with Gasteiger partial charge in [-0.2, -0.15) is 9.36 Å².